The first-order chi connectivity index (χ1) is 10.8. The lowest BCUT2D eigenvalue weighted by Crippen LogP contribution is -2.50. The highest BCUT2D eigenvalue weighted by atomic mass is 16.6. The topological polar surface area (TPSA) is 71.9 Å². The van der Waals surface area contributed by atoms with Gasteiger partial charge in [-0.1, -0.05) is 6.07 Å². The van der Waals surface area contributed by atoms with Crippen LogP contribution in [0.5, 0.6) is 11.8 Å². The standard InChI is InChI=1S/C17H24N2O4/c1-17(2,3)23-16(21)19-11-7-8-12(19)10-13(9-11)22-15-6-4-5-14(20)18-15/h4-6,11-13H,7-10H2,1-3H3,(H,18,20)/t11-,12+,13+. The average Bonchev–Trinajstić information content (AvgIpc) is 2.69. The lowest BCUT2D eigenvalue weighted by atomic mass is 10.0. The predicted molar refractivity (Wildman–Crippen MR) is 84.4 cm³/mol. The minimum Gasteiger partial charge on any atom is -0.493 e. The fourth-order valence-corrected chi connectivity index (χ4v) is 3.48. The van der Waals surface area contributed by atoms with Gasteiger partial charge in [-0.05, 0) is 33.6 Å². The van der Waals surface area contributed by atoms with Gasteiger partial charge in [-0.2, -0.15) is 4.98 Å². The second-order valence-corrected chi connectivity index (χ2v) is 7.32. The molecule has 2 bridgehead atoms. The number of fused-ring (bicyclic) bond motifs is 2. The molecule has 0 unspecified atom stereocenters. The van der Waals surface area contributed by atoms with E-state index in [0.717, 1.165) is 25.7 Å². The van der Waals surface area contributed by atoms with Crippen LogP contribution in [0.15, 0.2) is 18.2 Å². The minimum absolute atomic E-state index is 0.0143. The summed E-state index contributed by atoms with van der Waals surface area (Å²) in [6.07, 6.45) is 3.30. The quantitative estimate of drug-likeness (QED) is 0.906. The molecule has 0 spiro atoms. The molecular formula is C17H24N2O4. The summed E-state index contributed by atoms with van der Waals surface area (Å²) >= 11 is 0. The Morgan fingerprint density at radius 2 is 1.91 bits per heavy atom. The van der Waals surface area contributed by atoms with Crippen molar-refractivity contribution >= 4 is 6.09 Å². The number of aromatic nitrogens is 1. The molecule has 1 aromatic heterocycles. The smallest absolute Gasteiger partial charge is 0.410 e. The Morgan fingerprint density at radius 1 is 1.26 bits per heavy atom. The number of nitrogens with zero attached hydrogens (tertiary/aromatic N) is 2. The maximum absolute atomic E-state index is 12.4. The van der Waals surface area contributed by atoms with E-state index < -0.39 is 5.60 Å². The first-order valence-corrected chi connectivity index (χ1v) is 8.16. The molecule has 6 nitrogen and oxygen atoms in total. The normalized spacial score (nSPS) is 26.9. The second kappa shape index (κ2) is 5.91. The Kier molecular flexibility index (Phi) is 4.08. The zero-order valence-electron chi connectivity index (χ0n) is 13.9. The summed E-state index contributed by atoms with van der Waals surface area (Å²) in [7, 11) is 0. The maximum atomic E-state index is 12.4. The van der Waals surface area contributed by atoms with Crippen LogP contribution in [0.1, 0.15) is 46.5 Å². The Morgan fingerprint density at radius 3 is 2.48 bits per heavy atom. The molecule has 1 aromatic rings. The highest BCUT2D eigenvalue weighted by Gasteiger charge is 2.45. The van der Waals surface area contributed by atoms with Gasteiger partial charge in [0.2, 0.25) is 11.8 Å². The number of hydrogen-bond acceptors (Lipinski definition) is 5. The molecule has 2 aliphatic heterocycles. The number of amides is 1. The van der Waals surface area contributed by atoms with Gasteiger partial charge < -0.3 is 19.5 Å². The summed E-state index contributed by atoms with van der Waals surface area (Å²) < 4.78 is 11.4. The van der Waals surface area contributed by atoms with E-state index in [2.05, 4.69) is 4.98 Å². The highest BCUT2D eigenvalue weighted by molar-refractivity contribution is 5.69. The van der Waals surface area contributed by atoms with Gasteiger partial charge in [0.25, 0.3) is 0 Å². The van der Waals surface area contributed by atoms with Gasteiger partial charge in [0.1, 0.15) is 11.7 Å². The molecule has 0 saturated carbocycles. The fourth-order valence-electron chi connectivity index (χ4n) is 3.48. The molecule has 0 radical (unpaired) electrons. The Bertz CT molecular complexity index is 570. The molecule has 2 fully saturated rings. The number of aromatic hydroxyl groups is 1. The van der Waals surface area contributed by atoms with E-state index in [1.807, 2.05) is 25.7 Å². The molecule has 23 heavy (non-hydrogen) atoms. The zero-order valence-corrected chi connectivity index (χ0v) is 13.9. The van der Waals surface area contributed by atoms with Crippen LogP contribution < -0.4 is 4.74 Å². The van der Waals surface area contributed by atoms with Crippen LogP contribution in [0.2, 0.25) is 0 Å². The molecule has 2 aliphatic rings. The summed E-state index contributed by atoms with van der Waals surface area (Å²) in [6.45, 7) is 5.66. The van der Waals surface area contributed by atoms with Crippen molar-refractivity contribution in [3.8, 4) is 11.8 Å². The number of ether oxygens (including phenoxy) is 2. The van der Waals surface area contributed by atoms with E-state index in [1.54, 1.807) is 12.1 Å². The van der Waals surface area contributed by atoms with Gasteiger partial charge in [-0.3, -0.25) is 0 Å². The van der Waals surface area contributed by atoms with Crippen LogP contribution >= 0.6 is 0 Å². The van der Waals surface area contributed by atoms with E-state index >= 15 is 0 Å². The predicted octanol–water partition coefficient (Wildman–Crippen LogP) is 3.10. The van der Waals surface area contributed by atoms with Crippen LogP contribution in [0.4, 0.5) is 4.79 Å². The monoisotopic (exact) mass is 320 g/mol. The SMILES string of the molecule is CC(C)(C)OC(=O)N1[C@@H]2CC[C@H]1C[C@@H](Oc1cccc(O)n1)C2. The molecule has 0 aromatic carbocycles. The van der Waals surface area contributed by atoms with Crippen molar-refractivity contribution in [1.82, 2.24) is 9.88 Å². The van der Waals surface area contributed by atoms with E-state index in [4.69, 9.17) is 9.47 Å². The van der Waals surface area contributed by atoms with Crippen molar-refractivity contribution < 1.29 is 19.4 Å². The van der Waals surface area contributed by atoms with Crippen LogP contribution in [-0.4, -0.2) is 44.9 Å². The van der Waals surface area contributed by atoms with E-state index in [0.29, 0.717) is 5.88 Å². The molecule has 2 saturated heterocycles. The summed E-state index contributed by atoms with van der Waals surface area (Å²) in [5, 5.41) is 9.42. The summed E-state index contributed by atoms with van der Waals surface area (Å²) in [6, 6.07) is 5.28. The molecule has 0 aliphatic carbocycles. The van der Waals surface area contributed by atoms with Gasteiger partial charge in [-0.25, -0.2) is 4.79 Å². The molecular weight excluding hydrogens is 296 g/mol. The van der Waals surface area contributed by atoms with Gasteiger partial charge >= 0.3 is 6.09 Å². The van der Waals surface area contributed by atoms with Crippen molar-refractivity contribution in [3.63, 3.8) is 0 Å². The molecule has 1 N–H and O–H groups in total. The van der Waals surface area contributed by atoms with Crippen molar-refractivity contribution in [3.05, 3.63) is 18.2 Å². The van der Waals surface area contributed by atoms with E-state index in [-0.39, 0.29) is 30.2 Å². The number of piperidine rings is 1. The summed E-state index contributed by atoms with van der Waals surface area (Å²) in [5.41, 5.74) is -0.477. The highest BCUT2D eigenvalue weighted by Crippen LogP contribution is 2.38. The first kappa shape index (κ1) is 15.9. The van der Waals surface area contributed by atoms with Gasteiger partial charge in [-0.15, -0.1) is 0 Å². The number of hydrogen-bond donors (Lipinski definition) is 1. The Balaban J connectivity index is 1.64. The van der Waals surface area contributed by atoms with E-state index in [9.17, 15) is 9.90 Å². The Labute approximate surface area is 136 Å². The minimum atomic E-state index is -0.477. The third-order valence-corrected chi connectivity index (χ3v) is 4.29. The molecule has 6 heteroatoms. The number of carbonyl (C=O) groups excluding carboxylic acids is 1. The van der Waals surface area contributed by atoms with Crippen molar-refractivity contribution in [1.29, 1.82) is 0 Å². The third-order valence-electron chi connectivity index (χ3n) is 4.29. The average molecular weight is 320 g/mol. The van der Waals surface area contributed by atoms with Gasteiger partial charge in [0.05, 0.1) is 0 Å². The van der Waals surface area contributed by atoms with Gasteiger partial charge in [0, 0.05) is 37.1 Å². The van der Waals surface area contributed by atoms with Crippen molar-refractivity contribution in [2.75, 3.05) is 0 Å². The zero-order chi connectivity index (χ0) is 16.6. The third kappa shape index (κ3) is 3.68. The molecule has 3 rings (SSSR count). The molecule has 3 heterocycles. The van der Waals surface area contributed by atoms with E-state index in [1.165, 1.54) is 6.07 Å². The first-order valence-electron chi connectivity index (χ1n) is 8.16. The van der Waals surface area contributed by atoms with Crippen molar-refractivity contribution in [2.24, 2.45) is 0 Å². The van der Waals surface area contributed by atoms with Crippen LogP contribution in [0.25, 0.3) is 0 Å². The molecule has 1 amide bonds. The van der Waals surface area contributed by atoms with Crippen LogP contribution in [0.3, 0.4) is 0 Å². The largest absolute Gasteiger partial charge is 0.493 e. The lowest BCUT2D eigenvalue weighted by molar-refractivity contribution is -0.00762. The fraction of sp³-hybridized carbons (Fsp3) is 0.647. The molecule has 126 valence electrons. The number of pyridine rings is 1. The number of carbonyl (C=O) groups is 1. The van der Waals surface area contributed by atoms with Crippen LogP contribution in [0, 0.1) is 0 Å². The number of rotatable bonds is 2. The van der Waals surface area contributed by atoms with Gasteiger partial charge in [0.15, 0.2) is 0 Å². The van der Waals surface area contributed by atoms with Crippen LogP contribution in [-0.2, 0) is 4.74 Å². The lowest BCUT2D eigenvalue weighted by Gasteiger charge is -2.39. The second-order valence-electron chi connectivity index (χ2n) is 7.32. The summed E-state index contributed by atoms with van der Waals surface area (Å²) in [5.74, 6) is 0.386. The van der Waals surface area contributed by atoms with Crippen molar-refractivity contribution in [2.45, 2.75) is 70.2 Å². The maximum Gasteiger partial charge on any atom is 0.410 e. The Hall–Kier alpha value is -1.98. The molecule has 3 atom stereocenters. The summed E-state index contributed by atoms with van der Waals surface area (Å²) in [4.78, 5) is 18.3.